The Balaban J connectivity index is 1.39. The molecule has 1 saturated carbocycles. The molecule has 0 saturated heterocycles. The largest absolute Gasteiger partial charge is 0.273 e. The Bertz CT molecular complexity index is 1010. The van der Waals surface area contributed by atoms with Crippen molar-refractivity contribution in [3.05, 3.63) is 83.4 Å². The van der Waals surface area contributed by atoms with Crippen LogP contribution in [-0.4, -0.2) is 11.6 Å². The van der Waals surface area contributed by atoms with Crippen LogP contribution in [0, 0.1) is 0 Å². The van der Waals surface area contributed by atoms with Crippen molar-refractivity contribution in [2.45, 2.75) is 51.4 Å². The van der Waals surface area contributed by atoms with Crippen LogP contribution in [-0.2, 0) is 11.2 Å². The van der Waals surface area contributed by atoms with Crippen LogP contribution in [0.2, 0.25) is 0 Å². The lowest BCUT2D eigenvalue weighted by Crippen LogP contribution is -2.21. The zero-order valence-corrected chi connectivity index (χ0v) is 17.0. The van der Waals surface area contributed by atoms with Crippen molar-refractivity contribution in [2.24, 2.45) is 5.10 Å². The number of hydrazone groups is 1. The first-order valence-electron chi connectivity index (χ1n) is 10.6. The van der Waals surface area contributed by atoms with E-state index < -0.39 is 0 Å². The molecule has 29 heavy (non-hydrogen) atoms. The van der Waals surface area contributed by atoms with Gasteiger partial charge in [0.05, 0.1) is 12.1 Å². The van der Waals surface area contributed by atoms with Gasteiger partial charge in [-0.25, -0.2) is 5.43 Å². The molecule has 3 aromatic carbocycles. The van der Waals surface area contributed by atoms with E-state index in [4.69, 9.17) is 0 Å². The highest BCUT2D eigenvalue weighted by Crippen LogP contribution is 2.32. The van der Waals surface area contributed by atoms with E-state index in [0.717, 1.165) is 27.6 Å². The summed E-state index contributed by atoms with van der Waals surface area (Å²) in [4.78, 5) is 12.4. The summed E-state index contributed by atoms with van der Waals surface area (Å²) in [6.07, 6.45) is 6.98. The van der Waals surface area contributed by atoms with Gasteiger partial charge in [0.2, 0.25) is 5.91 Å². The summed E-state index contributed by atoms with van der Waals surface area (Å²) in [5.74, 6) is 0.606. The molecule has 148 valence electrons. The third kappa shape index (κ3) is 4.73. The third-order valence-electron chi connectivity index (χ3n) is 5.98. The van der Waals surface area contributed by atoms with Gasteiger partial charge in [0, 0.05) is 0 Å². The molecule has 0 aliphatic heterocycles. The number of amides is 1. The molecular formula is C26H28N2O. The monoisotopic (exact) mass is 384 g/mol. The summed E-state index contributed by atoms with van der Waals surface area (Å²) in [6, 6.07) is 22.9. The first kappa shape index (κ1) is 19.4. The molecule has 3 nitrogen and oxygen atoms in total. The van der Waals surface area contributed by atoms with Crippen molar-refractivity contribution >= 4 is 22.4 Å². The molecule has 0 spiro atoms. The molecule has 0 bridgehead atoms. The number of carbonyl (C=O) groups excluding carboxylic acids is 1. The minimum absolute atomic E-state index is 0.0977. The summed E-state index contributed by atoms with van der Waals surface area (Å²) in [5, 5.41) is 6.59. The fraction of sp³-hybridized carbons (Fsp3) is 0.308. The van der Waals surface area contributed by atoms with Gasteiger partial charge in [-0.05, 0) is 53.1 Å². The van der Waals surface area contributed by atoms with Gasteiger partial charge in [0.1, 0.15) is 0 Å². The molecule has 3 aromatic rings. The number of rotatable bonds is 5. The maximum atomic E-state index is 12.4. The second-order valence-corrected chi connectivity index (χ2v) is 8.00. The van der Waals surface area contributed by atoms with Gasteiger partial charge in [0.15, 0.2) is 0 Å². The highest BCUT2D eigenvalue weighted by atomic mass is 16.2. The van der Waals surface area contributed by atoms with Crippen molar-refractivity contribution < 1.29 is 4.79 Å². The SMILES string of the molecule is CC(=NNC(=O)Cc1cccc2ccccc12)c1ccc(C2CCCCC2)cc1. The Morgan fingerprint density at radius 2 is 1.66 bits per heavy atom. The Hall–Kier alpha value is -2.94. The van der Waals surface area contributed by atoms with Gasteiger partial charge < -0.3 is 0 Å². The Kier molecular flexibility index (Phi) is 6.04. The molecular weight excluding hydrogens is 356 g/mol. The van der Waals surface area contributed by atoms with Crippen LogP contribution in [0.3, 0.4) is 0 Å². The summed E-state index contributed by atoms with van der Waals surface area (Å²) in [6.45, 7) is 1.94. The third-order valence-corrected chi connectivity index (χ3v) is 5.98. The van der Waals surface area contributed by atoms with E-state index in [-0.39, 0.29) is 5.91 Å². The fourth-order valence-electron chi connectivity index (χ4n) is 4.30. The van der Waals surface area contributed by atoms with Crippen molar-refractivity contribution in [2.75, 3.05) is 0 Å². The zero-order valence-electron chi connectivity index (χ0n) is 17.0. The van der Waals surface area contributed by atoms with Crippen LogP contribution in [0.4, 0.5) is 0 Å². The summed E-state index contributed by atoms with van der Waals surface area (Å²) >= 11 is 0. The van der Waals surface area contributed by atoms with Crippen LogP contribution in [0.5, 0.6) is 0 Å². The number of hydrogen-bond acceptors (Lipinski definition) is 2. The minimum Gasteiger partial charge on any atom is -0.273 e. The van der Waals surface area contributed by atoms with Crippen LogP contribution < -0.4 is 5.43 Å². The average Bonchev–Trinajstić information content (AvgIpc) is 2.78. The topological polar surface area (TPSA) is 41.5 Å². The predicted molar refractivity (Wildman–Crippen MR) is 120 cm³/mol. The van der Waals surface area contributed by atoms with E-state index in [9.17, 15) is 4.79 Å². The molecule has 4 rings (SSSR count). The van der Waals surface area contributed by atoms with Crippen LogP contribution in [0.25, 0.3) is 10.8 Å². The summed E-state index contributed by atoms with van der Waals surface area (Å²) < 4.78 is 0. The van der Waals surface area contributed by atoms with E-state index in [1.165, 1.54) is 37.7 Å². The van der Waals surface area contributed by atoms with Gasteiger partial charge in [-0.3, -0.25) is 4.79 Å². The molecule has 3 heteroatoms. The molecule has 1 N–H and O–H groups in total. The standard InChI is InChI=1S/C26H28N2O/c1-19(20-14-16-22(17-15-20)21-8-3-2-4-9-21)27-28-26(29)18-24-12-7-11-23-10-5-6-13-25(23)24/h5-7,10-17,21H,2-4,8-9,18H2,1H3,(H,28,29). The first-order valence-corrected chi connectivity index (χ1v) is 10.6. The molecule has 0 unspecified atom stereocenters. The van der Waals surface area contributed by atoms with Crippen molar-refractivity contribution in [1.29, 1.82) is 0 Å². The van der Waals surface area contributed by atoms with Crippen molar-refractivity contribution in [3.63, 3.8) is 0 Å². The Labute approximate surface area is 172 Å². The van der Waals surface area contributed by atoms with Gasteiger partial charge in [-0.1, -0.05) is 86.0 Å². The summed E-state index contributed by atoms with van der Waals surface area (Å²) in [5.41, 5.74) is 7.05. The molecule has 1 aliphatic rings. The van der Waals surface area contributed by atoms with E-state index in [1.54, 1.807) is 0 Å². The van der Waals surface area contributed by atoms with Crippen LogP contribution in [0.1, 0.15) is 61.6 Å². The second-order valence-electron chi connectivity index (χ2n) is 8.00. The second kappa shape index (κ2) is 9.04. The van der Waals surface area contributed by atoms with E-state index in [2.05, 4.69) is 53.0 Å². The molecule has 0 atom stereocenters. The molecule has 0 aromatic heterocycles. The lowest BCUT2D eigenvalue weighted by molar-refractivity contribution is -0.120. The fourth-order valence-corrected chi connectivity index (χ4v) is 4.30. The van der Waals surface area contributed by atoms with E-state index in [0.29, 0.717) is 12.3 Å². The first-order chi connectivity index (χ1) is 14.2. The van der Waals surface area contributed by atoms with Gasteiger partial charge in [-0.15, -0.1) is 0 Å². The maximum absolute atomic E-state index is 12.4. The molecule has 1 fully saturated rings. The van der Waals surface area contributed by atoms with E-state index in [1.807, 2.05) is 31.2 Å². The van der Waals surface area contributed by atoms with Crippen LogP contribution in [0.15, 0.2) is 71.8 Å². The predicted octanol–water partition coefficient (Wildman–Crippen LogP) is 5.97. The minimum atomic E-state index is -0.0977. The molecule has 0 heterocycles. The van der Waals surface area contributed by atoms with Crippen LogP contribution >= 0.6 is 0 Å². The Morgan fingerprint density at radius 1 is 0.931 bits per heavy atom. The Morgan fingerprint density at radius 3 is 2.45 bits per heavy atom. The molecule has 1 aliphatic carbocycles. The quantitative estimate of drug-likeness (QED) is 0.427. The van der Waals surface area contributed by atoms with Gasteiger partial charge in [0.25, 0.3) is 0 Å². The summed E-state index contributed by atoms with van der Waals surface area (Å²) in [7, 11) is 0. The number of carbonyl (C=O) groups is 1. The number of hydrogen-bond donors (Lipinski definition) is 1. The van der Waals surface area contributed by atoms with Crippen molar-refractivity contribution in [3.8, 4) is 0 Å². The average molecular weight is 385 g/mol. The number of benzene rings is 3. The molecule has 0 radical (unpaired) electrons. The number of fused-ring (bicyclic) bond motifs is 1. The van der Waals surface area contributed by atoms with E-state index >= 15 is 0 Å². The zero-order chi connectivity index (χ0) is 20.1. The number of nitrogens with zero attached hydrogens (tertiary/aromatic N) is 1. The normalized spacial score (nSPS) is 15.4. The van der Waals surface area contributed by atoms with Gasteiger partial charge in [-0.2, -0.15) is 5.10 Å². The number of nitrogens with one attached hydrogen (secondary N) is 1. The lowest BCUT2D eigenvalue weighted by Gasteiger charge is -2.22. The maximum Gasteiger partial charge on any atom is 0.244 e. The highest BCUT2D eigenvalue weighted by Gasteiger charge is 2.15. The smallest absolute Gasteiger partial charge is 0.244 e. The highest BCUT2D eigenvalue weighted by molar-refractivity contribution is 5.99. The van der Waals surface area contributed by atoms with Gasteiger partial charge >= 0.3 is 0 Å². The molecule has 1 amide bonds. The van der Waals surface area contributed by atoms with Crippen molar-refractivity contribution in [1.82, 2.24) is 5.43 Å². The lowest BCUT2D eigenvalue weighted by atomic mass is 9.84.